The molecule has 0 spiro atoms. The van der Waals surface area contributed by atoms with E-state index in [9.17, 15) is 4.39 Å². The van der Waals surface area contributed by atoms with E-state index in [2.05, 4.69) is 44.5 Å². The van der Waals surface area contributed by atoms with Crippen molar-refractivity contribution in [1.82, 2.24) is 9.55 Å². The van der Waals surface area contributed by atoms with Crippen LogP contribution in [0.1, 0.15) is 22.5 Å². The Balaban J connectivity index is 2.09. The summed E-state index contributed by atoms with van der Waals surface area (Å²) in [5.74, 6) is 0.758. The van der Waals surface area contributed by atoms with Crippen molar-refractivity contribution in [3.8, 4) is 0 Å². The van der Waals surface area contributed by atoms with Gasteiger partial charge in [-0.15, -0.1) is 22.9 Å². The van der Waals surface area contributed by atoms with Gasteiger partial charge in [0.2, 0.25) is 0 Å². The van der Waals surface area contributed by atoms with Gasteiger partial charge < -0.3 is 4.57 Å². The van der Waals surface area contributed by atoms with E-state index in [1.54, 1.807) is 17.4 Å². The summed E-state index contributed by atoms with van der Waals surface area (Å²) >= 11 is 11.0. The molecule has 0 amide bonds. The Morgan fingerprint density at radius 1 is 1.33 bits per heavy atom. The lowest BCUT2D eigenvalue weighted by atomic mass is 10.3. The molecule has 6 heteroatoms. The summed E-state index contributed by atoms with van der Waals surface area (Å²) in [6.45, 7) is 2.85. The second-order valence-corrected chi connectivity index (χ2v) is 7.10. The number of aryl methyl sites for hydroxylation is 1. The van der Waals surface area contributed by atoms with Crippen LogP contribution >= 0.6 is 38.9 Å². The molecule has 0 aliphatic heterocycles. The molecule has 0 atom stereocenters. The molecule has 110 valence electrons. The van der Waals surface area contributed by atoms with Crippen LogP contribution in [0.25, 0.3) is 11.0 Å². The first-order valence-corrected chi connectivity index (χ1v) is 8.74. The molecule has 0 saturated carbocycles. The average Bonchev–Trinajstić information content (AvgIpc) is 3.05. The zero-order chi connectivity index (χ0) is 15.0. The van der Waals surface area contributed by atoms with Crippen molar-refractivity contribution in [3.05, 3.63) is 50.1 Å². The monoisotopic (exact) mass is 386 g/mol. The number of halogens is 3. The lowest BCUT2D eigenvalue weighted by molar-refractivity contribution is 0.622. The highest BCUT2D eigenvalue weighted by Crippen LogP contribution is 2.27. The van der Waals surface area contributed by atoms with Gasteiger partial charge in [0.25, 0.3) is 0 Å². The highest BCUT2D eigenvalue weighted by molar-refractivity contribution is 9.10. The van der Waals surface area contributed by atoms with Gasteiger partial charge in [0.15, 0.2) is 0 Å². The zero-order valence-electron chi connectivity index (χ0n) is 11.4. The average molecular weight is 388 g/mol. The van der Waals surface area contributed by atoms with E-state index in [0.29, 0.717) is 22.4 Å². The Hall–Kier alpha value is -0.910. The molecule has 21 heavy (non-hydrogen) atoms. The molecule has 1 aromatic carbocycles. The molecule has 3 aromatic rings. The molecule has 0 radical (unpaired) electrons. The highest BCUT2D eigenvalue weighted by Gasteiger charge is 2.14. The third-order valence-corrected chi connectivity index (χ3v) is 5.43. The van der Waals surface area contributed by atoms with Crippen LogP contribution in [0.2, 0.25) is 0 Å². The van der Waals surface area contributed by atoms with Gasteiger partial charge >= 0.3 is 0 Å². The van der Waals surface area contributed by atoms with Crippen LogP contribution in [0.15, 0.2) is 28.7 Å². The highest BCUT2D eigenvalue weighted by atomic mass is 79.9. The minimum absolute atomic E-state index is 0.305. The van der Waals surface area contributed by atoms with Crippen LogP contribution in [0.3, 0.4) is 0 Å². The van der Waals surface area contributed by atoms with E-state index in [1.807, 2.05) is 0 Å². The van der Waals surface area contributed by atoms with Gasteiger partial charge in [-0.05, 0) is 40.5 Å². The largest absolute Gasteiger partial charge is 0.322 e. The van der Waals surface area contributed by atoms with E-state index >= 15 is 0 Å². The molecule has 0 aliphatic rings. The minimum Gasteiger partial charge on any atom is -0.322 e. The molecule has 0 fully saturated rings. The zero-order valence-corrected chi connectivity index (χ0v) is 14.5. The van der Waals surface area contributed by atoms with E-state index in [4.69, 9.17) is 11.6 Å². The van der Waals surface area contributed by atoms with Crippen molar-refractivity contribution in [3.63, 3.8) is 0 Å². The summed E-state index contributed by atoms with van der Waals surface area (Å²) in [6.07, 6.45) is 1.04. The normalized spacial score (nSPS) is 11.4. The molecule has 0 N–H and O–H groups in total. The van der Waals surface area contributed by atoms with Crippen LogP contribution in [0.5, 0.6) is 0 Å². The van der Waals surface area contributed by atoms with Crippen LogP contribution in [0.4, 0.5) is 4.39 Å². The minimum atomic E-state index is -0.308. The van der Waals surface area contributed by atoms with Gasteiger partial charge in [0, 0.05) is 15.8 Å². The van der Waals surface area contributed by atoms with Gasteiger partial charge in [0.1, 0.15) is 11.6 Å². The van der Waals surface area contributed by atoms with Crippen molar-refractivity contribution in [2.45, 2.75) is 25.8 Å². The first-order valence-electron chi connectivity index (χ1n) is 6.60. The summed E-state index contributed by atoms with van der Waals surface area (Å²) in [4.78, 5) is 7.03. The number of hydrogen-bond acceptors (Lipinski definition) is 2. The standard InChI is InChI=1S/C15H13BrClFN2S/c1-2-9-3-4-10(21-9)8-20-14-5-11(16)12(18)6-13(14)19-15(20)7-17/h3-6H,2,7-8H2,1H3. The summed E-state index contributed by atoms with van der Waals surface area (Å²) in [5, 5.41) is 0. The molecule has 3 rings (SSSR count). The third-order valence-electron chi connectivity index (χ3n) is 3.37. The Labute approximate surface area is 139 Å². The molecule has 0 aliphatic carbocycles. The molecular weight excluding hydrogens is 375 g/mol. The lowest BCUT2D eigenvalue weighted by Crippen LogP contribution is -2.02. The molecule has 0 saturated heterocycles. The van der Waals surface area contributed by atoms with Gasteiger partial charge in [-0.3, -0.25) is 0 Å². The predicted molar refractivity (Wildman–Crippen MR) is 89.7 cm³/mol. The van der Waals surface area contributed by atoms with Gasteiger partial charge in [-0.25, -0.2) is 9.37 Å². The lowest BCUT2D eigenvalue weighted by Gasteiger charge is -2.06. The number of nitrogens with zero attached hydrogens (tertiary/aromatic N) is 2. The van der Waals surface area contributed by atoms with Gasteiger partial charge in [0.05, 0.1) is 27.9 Å². The van der Waals surface area contributed by atoms with Crippen molar-refractivity contribution in [2.24, 2.45) is 0 Å². The fraction of sp³-hybridized carbons (Fsp3) is 0.267. The quantitative estimate of drug-likeness (QED) is 0.552. The number of alkyl halides is 1. The van der Waals surface area contributed by atoms with Crippen LogP contribution in [-0.2, 0) is 18.8 Å². The molecule has 2 heterocycles. The van der Waals surface area contributed by atoms with E-state index < -0.39 is 0 Å². The van der Waals surface area contributed by atoms with E-state index in [-0.39, 0.29) is 5.82 Å². The van der Waals surface area contributed by atoms with Crippen LogP contribution in [-0.4, -0.2) is 9.55 Å². The Morgan fingerprint density at radius 3 is 2.76 bits per heavy atom. The number of aromatic nitrogens is 2. The van der Waals surface area contributed by atoms with Gasteiger partial charge in [-0.1, -0.05) is 6.92 Å². The third kappa shape index (κ3) is 2.87. The fourth-order valence-electron chi connectivity index (χ4n) is 2.30. The van der Waals surface area contributed by atoms with Crippen molar-refractivity contribution in [2.75, 3.05) is 0 Å². The Morgan fingerprint density at radius 2 is 2.10 bits per heavy atom. The number of hydrogen-bond donors (Lipinski definition) is 0. The molecule has 2 aromatic heterocycles. The SMILES string of the molecule is CCc1ccc(Cn2c(CCl)nc3cc(F)c(Br)cc32)s1. The molecular formula is C15H13BrClFN2S. The maximum atomic E-state index is 13.6. The second-order valence-electron chi connectivity index (χ2n) is 4.72. The molecule has 0 bridgehead atoms. The maximum absolute atomic E-state index is 13.6. The summed E-state index contributed by atoms with van der Waals surface area (Å²) in [5.41, 5.74) is 1.53. The first-order chi connectivity index (χ1) is 10.1. The Bertz CT molecular complexity index is 796. The van der Waals surface area contributed by atoms with Crippen molar-refractivity contribution >= 4 is 49.9 Å². The second kappa shape index (κ2) is 6.07. The number of thiophene rings is 1. The number of fused-ring (bicyclic) bond motifs is 1. The smallest absolute Gasteiger partial charge is 0.139 e. The predicted octanol–water partition coefficient (Wildman–Crippen LogP) is 5.35. The van der Waals surface area contributed by atoms with E-state index in [0.717, 1.165) is 17.8 Å². The number of rotatable bonds is 4. The van der Waals surface area contributed by atoms with Crippen LogP contribution < -0.4 is 0 Å². The van der Waals surface area contributed by atoms with Gasteiger partial charge in [-0.2, -0.15) is 0 Å². The van der Waals surface area contributed by atoms with Crippen molar-refractivity contribution in [1.29, 1.82) is 0 Å². The summed E-state index contributed by atoms with van der Waals surface area (Å²) in [6, 6.07) is 7.49. The molecule has 0 unspecified atom stereocenters. The Kier molecular flexibility index (Phi) is 4.33. The summed E-state index contributed by atoms with van der Waals surface area (Å²) < 4.78 is 16.1. The molecule has 2 nitrogen and oxygen atoms in total. The topological polar surface area (TPSA) is 17.8 Å². The first kappa shape index (κ1) is 15.0. The van der Waals surface area contributed by atoms with Crippen molar-refractivity contribution < 1.29 is 4.39 Å². The maximum Gasteiger partial charge on any atom is 0.139 e. The number of benzene rings is 1. The van der Waals surface area contributed by atoms with Crippen LogP contribution in [0, 0.1) is 5.82 Å². The summed E-state index contributed by atoms with van der Waals surface area (Å²) in [7, 11) is 0. The van der Waals surface area contributed by atoms with E-state index in [1.165, 1.54) is 15.8 Å². The number of imidazole rings is 1. The fourth-order valence-corrected chi connectivity index (χ4v) is 3.78.